The number of hydrogen-bond acceptors (Lipinski definition) is 4. The number of nitrogens with one attached hydrogen (secondary N) is 2. The molecule has 0 unspecified atom stereocenters. The van der Waals surface area contributed by atoms with Crippen LogP contribution >= 0.6 is 11.3 Å². The van der Waals surface area contributed by atoms with E-state index in [1.54, 1.807) is 11.3 Å². The van der Waals surface area contributed by atoms with Crippen molar-refractivity contribution in [3.8, 4) is 0 Å². The van der Waals surface area contributed by atoms with Gasteiger partial charge in [0.2, 0.25) is 10.0 Å². The molecule has 0 atom stereocenters. The van der Waals surface area contributed by atoms with Crippen LogP contribution in [0.25, 0.3) is 0 Å². The maximum atomic E-state index is 11.6. The summed E-state index contributed by atoms with van der Waals surface area (Å²) in [5.74, 6) is 0.175. The van der Waals surface area contributed by atoms with Crippen LogP contribution in [0.5, 0.6) is 0 Å². The lowest BCUT2D eigenvalue weighted by atomic mass is 10.3. The molecule has 2 N–H and O–H groups in total. The molecule has 0 spiro atoms. The van der Waals surface area contributed by atoms with Crippen molar-refractivity contribution in [1.82, 2.24) is 10.0 Å². The fourth-order valence-corrected chi connectivity index (χ4v) is 3.19. The SMILES string of the molecule is O=S(=O)(CCNC1CC1)NCCc1cccs1. The van der Waals surface area contributed by atoms with Crippen LogP contribution in [0.3, 0.4) is 0 Å². The van der Waals surface area contributed by atoms with Gasteiger partial charge in [-0.05, 0) is 30.7 Å². The molecular weight excluding hydrogens is 256 g/mol. The summed E-state index contributed by atoms with van der Waals surface area (Å²) in [6.07, 6.45) is 3.14. The van der Waals surface area contributed by atoms with Crippen molar-refractivity contribution in [2.24, 2.45) is 0 Å². The van der Waals surface area contributed by atoms with Crippen LogP contribution in [-0.4, -0.2) is 33.3 Å². The number of sulfonamides is 1. The predicted molar refractivity (Wildman–Crippen MR) is 70.8 cm³/mol. The Hall–Kier alpha value is -0.430. The van der Waals surface area contributed by atoms with Crippen LogP contribution < -0.4 is 10.0 Å². The fourth-order valence-electron chi connectivity index (χ4n) is 1.54. The molecule has 6 heteroatoms. The maximum absolute atomic E-state index is 11.6. The Labute approximate surface area is 106 Å². The highest BCUT2D eigenvalue weighted by Gasteiger charge is 2.20. The summed E-state index contributed by atoms with van der Waals surface area (Å²) in [6.45, 7) is 1.05. The molecule has 1 aromatic heterocycles. The lowest BCUT2D eigenvalue weighted by molar-refractivity contribution is 0.576. The van der Waals surface area contributed by atoms with Gasteiger partial charge in [0, 0.05) is 24.0 Å². The molecular formula is C11H18N2O2S2. The third-order valence-corrected chi connectivity index (χ3v) is 4.98. The molecule has 1 fully saturated rings. The Morgan fingerprint density at radius 3 is 2.82 bits per heavy atom. The molecule has 1 saturated carbocycles. The zero-order valence-electron chi connectivity index (χ0n) is 9.69. The molecule has 4 nitrogen and oxygen atoms in total. The van der Waals surface area contributed by atoms with Gasteiger partial charge in [0.05, 0.1) is 5.75 Å². The topological polar surface area (TPSA) is 58.2 Å². The second-order valence-electron chi connectivity index (χ2n) is 4.27. The summed E-state index contributed by atoms with van der Waals surface area (Å²) >= 11 is 1.66. The third-order valence-electron chi connectivity index (χ3n) is 2.65. The minimum Gasteiger partial charge on any atom is -0.313 e. The number of thiophene rings is 1. The van der Waals surface area contributed by atoms with Crippen molar-refractivity contribution in [2.75, 3.05) is 18.8 Å². The van der Waals surface area contributed by atoms with E-state index in [1.165, 1.54) is 17.7 Å². The van der Waals surface area contributed by atoms with Gasteiger partial charge in [-0.15, -0.1) is 11.3 Å². The van der Waals surface area contributed by atoms with E-state index in [0.29, 0.717) is 19.1 Å². The average Bonchev–Trinajstić information content (AvgIpc) is 2.93. The van der Waals surface area contributed by atoms with Gasteiger partial charge in [-0.2, -0.15) is 0 Å². The first-order valence-corrected chi connectivity index (χ1v) is 8.42. The van der Waals surface area contributed by atoms with Crippen molar-refractivity contribution in [3.05, 3.63) is 22.4 Å². The van der Waals surface area contributed by atoms with Gasteiger partial charge in [0.25, 0.3) is 0 Å². The Morgan fingerprint density at radius 2 is 2.18 bits per heavy atom. The van der Waals surface area contributed by atoms with Gasteiger partial charge in [-0.25, -0.2) is 13.1 Å². The first kappa shape index (κ1) is 13.0. The average molecular weight is 274 g/mol. The summed E-state index contributed by atoms with van der Waals surface area (Å²) < 4.78 is 25.9. The van der Waals surface area contributed by atoms with Crippen LogP contribution in [0.1, 0.15) is 17.7 Å². The Kier molecular flexibility index (Phi) is 4.55. The van der Waals surface area contributed by atoms with Crippen LogP contribution in [-0.2, 0) is 16.4 Å². The molecule has 1 aromatic rings. The van der Waals surface area contributed by atoms with E-state index >= 15 is 0 Å². The molecule has 0 aliphatic heterocycles. The number of hydrogen-bond donors (Lipinski definition) is 2. The zero-order valence-corrected chi connectivity index (χ0v) is 11.3. The van der Waals surface area contributed by atoms with Gasteiger partial charge >= 0.3 is 0 Å². The molecule has 0 saturated heterocycles. The standard InChI is InChI=1S/C11H18N2O2S2/c14-17(15,9-7-12-10-3-4-10)13-6-5-11-2-1-8-16-11/h1-2,8,10,12-13H,3-7,9H2. The fraction of sp³-hybridized carbons (Fsp3) is 0.636. The summed E-state index contributed by atoms with van der Waals surface area (Å²) in [7, 11) is -3.11. The maximum Gasteiger partial charge on any atom is 0.212 e. The second kappa shape index (κ2) is 5.95. The highest BCUT2D eigenvalue weighted by atomic mass is 32.2. The molecule has 1 heterocycles. The van der Waals surface area contributed by atoms with E-state index in [9.17, 15) is 8.42 Å². The molecule has 0 radical (unpaired) electrons. The van der Waals surface area contributed by atoms with E-state index in [2.05, 4.69) is 10.0 Å². The van der Waals surface area contributed by atoms with Crippen molar-refractivity contribution in [2.45, 2.75) is 25.3 Å². The third kappa shape index (κ3) is 5.16. The van der Waals surface area contributed by atoms with E-state index in [0.717, 1.165) is 6.42 Å². The first-order valence-electron chi connectivity index (χ1n) is 5.89. The van der Waals surface area contributed by atoms with Crippen molar-refractivity contribution < 1.29 is 8.42 Å². The van der Waals surface area contributed by atoms with Gasteiger partial charge in [-0.1, -0.05) is 6.07 Å². The Morgan fingerprint density at radius 1 is 1.35 bits per heavy atom. The molecule has 0 amide bonds. The van der Waals surface area contributed by atoms with E-state index in [4.69, 9.17) is 0 Å². The van der Waals surface area contributed by atoms with Gasteiger partial charge < -0.3 is 5.32 Å². The Balaban J connectivity index is 1.62. The number of rotatable bonds is 8. The van der Waals surface area contributed by atoms with Gasteiger partial charge in [0.15, 0.2) is 0 Å². The monoisotopic (exact) mass is 274 g/mol. The van der Waals surface area contributed by atoms with Crippen molar-refractivity contribution in [1.29, 1.82) is 0 Å². The largest absolute Gasteiger partial charge is 0.313 e. The van der Waals surface area contributed by atoms with Gasteiger partial charge in [-0.3, -0.25) is 0 Å². The van der Waals surface area contributed by atoms with Gasteiger partial charge in [0.1, 0.15) is 0 Å². The highest BCUT2D eigenvalue weighted by molar-refractivity contribution is 7.89. The zero-order chi connectivity index (χ0) is 12.1. The van der Waals surface area contributed by atoms with E-state index in [1.807, 2.05) is 17.5 Å². The minimum absolute atomic E-state index is 0.175. The lowest BCUT2D eigenvalue weighted by Gasteiger charge is -2.06. The summed E-state index contributed by atoms with van der Waals surface area (Å²) in [4.78, 5) is 1.21. The smallest absolute Gasteiger partial charge is 0.212 e. The molecule has 96 valence electrons. The molecule has 0 aromatic carbocycles. The first-order chi connectivity index (χ1) is 8.16. The molecule has 2 rings (SSSR count). The quantitative estimate of drug-likeness (QED) is 0.742. The summed E-state index contributed by atoms with van der Waals surface area (Å²) in [6, 6.07) is 4.57. The molecule has 1 aliphatic carbocycles. The lowest BCUT2D eigenvalue weighted by Crippen LogP contribution is -2.33. The van der Waals surface area contributed by atoms with Crippen LogP contribution in [0.15, 0.2) is 17.5 Å². The normalized spacial score (nSPS) is 16.2. The molecule has 0 bridgehead atoms. The van der Waals surface area contributed by atoms with Crippen molar-refractivity contribution >= 4 is 21.4 Å². The molecule has 17 heavy (non-hydrogen) atoms. The predicted octanol–water partition coefficient (Wildman–Crippen LogP) is 0.962. The van der Waals surface area contributed by atoms with E-state index < -0.39 is 10.0 Å². The van der Waals surface area contributed by atoms with Crippen LogP contribution in [0, 0.1) is 0 Å². The molecule has 1 aliphatic rings. The van der Waals surface area contributed by atoms with E-state index in [-0.39, 0.29) is 5.75 Å². The highest BCUT2D eigenvalue weighted by Crippen LogP contribution is 2.18. The van der Waals surface area contributed by atoms with Crippen LogP contribution in [0.4, 0.5) is 0 Å². The summed E-state index contributed by atoms with van der Waals surface area (Å²) in [5, 5.41) is 5.20. The second-order valence-corrected chi connectivity index (χ2v) is 7.23. The Bertz CT molecular complexity index is 424. The van der Waals surface area contributed by atoms with Crippen LogP contribution in [0.2, 0.25) is 0 Å². The van der Waals surface area contributed by atoms with Crippen molar-refractivity contribution in [3.63, 3.8) is 0 Å². The minimum atomic E-state index is -3.11. The summed E-state index contributed by atoms with van der Waals surface area (Å²) in [5.41, 5.74) is 0.